The fourth-order valence-electron chi connectivity index (χ4n) is 10.2. The summed E-state index contributed by atoms with van der Waals surface area (Å²) >= 11 is -0.508. The Labute approximate surface area is 337 Å². The summed E-state index contributed by atoms with van der Waals surface area (Å²) in [5, 5.41) is 5.24. The first kappa shape index (κ1) is 33.0. The molecule has 260 valence electrons. The standard InChI is InChI=1S/C53H40Ge2/c1-53(2)46-27-8-5-17-36(46)41-25-13-26-43(52(41)53)50-39-22-11-20-34(32-15-3-4-16-33(32)37-18-6-9-28-47(37)54)44(39)31-45-35(21-12-23-40(45)50)38-24-14-30-49-51(38)42-19-7-10-29-48(42)55-49/h3-31H,55H2,1-2,54H3. The van der Waals surface area contributed by atoms with Crippen molar-refractivity contribution in [1.82, 2.24) is 0 Å². The van der Waals surface area contributed by atoms with Crippen LogP contribution in [0.1, 0.15) is 25.0 Å². The Hall–Kier alpha value is -5.41. The molecule has 0 amide bonds. The maximum atomic E-state index is 2.54. The minimum atomic E-state index is -1.07. The number of fused-ring (bicyclic) bond motifs is 8. The van der Waals surface area contributed by atoms with Gasteiger partial charge in [0.2, 0.25) is 0 Å². The van der Waals surface area contributed by atoms with Gasteiger partial charge in [0.05, 0.1) is 0 Å². The predicted octanol–water partition coefficient (Wildman–Crippen LogP) is 10.1. The van der Waals surface area contributed by atoms with Gasteiger partial charge in [-0.05, 0) is 0 Å². The third-order valence-electron chi connectivity index (χ3n) is 12.6. The van der Waals surface area contributed by atoms with Gasteiger partial charge < -0.3 is 0 Å². The quantitative estimate of drug-likeness (QED) is 0.123. The third-order valence-corrected chi connectivity index (χ3v) is 18.6. The summed E-state index contributed by atoms with van der Waals surface area (Å²) in [5.41, 5.74) is 18.9. The van der Waals surface area contributed by atoms with Gasteiger partial charge in [-0.15, -0.1) is 0 Å². The number of rotatable bonds is 4. The Morgan fingerprint density at radius 2 is 0.855 bits per heavy atom. The Morgan fingerprint density at radius 1 is 0.364 bits per heavy atom. The van der Waals surface area contributed by atoms with Gasteiger partial charge in [-0.1, -0.05) is 12.1 Å². The fraction of sp³-hybridized carbons (Fsp3) is 0.0566. The van der Waals surface area contributed by atoms with E-state index in [-0.39, 0.29) is 5.41 Å². The number of benzene rings is 9. The molecule has 0 saturated carbocycles. The summed E-state index contributed by atoms with van der Waals surface area (Å²) in [6.45, 7) is 4.84. The third kappa shape index (κ3) is 4.91. The average molecular weight is 822 g/mol. The van der Waals surface area contributed by atoms with Crippen molar-refractivity contribution in [3.8, 4) is 66.8 Å². The van der Waals surface area contributed by atoms with Crippen LogP contribution in [0.4, 0.5) is 0 Å². The number of hydrogen-bond acceptors (Lipinski definition) is 0. The molecule has 0 aromatic heterocycles. The SMILES string of the molecule is CC1(C)c2ccccc2-c2cccc(-c3c4cccc(-c5ccccc5-c5cccc[c]5[GeH3])c4cc4c(-c5ccc[c]6c5-c5cccc[c]5[GeH2]6)cccc34)c21. The molecule has 11 rings (SSSR count). The zero-order valence-corrected chi connectivity index (χ0v) is 38.6. The monoisotopic (exact) mass is 824 g/mol. The molecule has 55 heavy (non-hydrogen) atoms. The molecule has 0 fully saturated rings. The van der Waals surface area contributed by atoms with E-state index < -0.39 is 15.4 Å². The Kier molecular flexibility index (Phi) is 7.53. The minimum absolute atomic E-state index is 0.148. The molecule has 0 N–H and O–H groups in total. The van der Waals surface area contributed by atoms with Crippen molar-refractivity contribution >= 4 is 66.7 Å². The van der Waals surface area contributed by atoms with Crippen LogP contribution in [-0.2, 0) is 5.41 Å². The molecule has 1 aliphatic carbocycles. The van der Waals surface area contributed by atoms with Crippen LogP contribution >= 0.6 is 0 Å². The van der Waals surface area contributed by atoms with Gasteiger partial charge in [-0.2, -0.15) is 0 Å². The zero-order valence-electron chi connectivity index (χ0n) is 31.5. The van der Waals surface area contributed by atoms with Crippen LogP contribution in [-0.4, -0.2) is 31.9 Å². The van der Waals surface area contributed by atoms with Crippen LogP contribution in [0.25, 0.3) is 88.3 Å². The molecule has 0 spiro atoms. The molecule has 0 bridgehead atoms. The van der Waals surface area contributed by atoms with E-state index in [1.54, 1.807) is 8.79 Å². The van der Waals surface area contributed by atoms with Crippen molar-refractivity contribution in [1.29, 1.82) is 0 Å². The normalized spacial score (nSPS) is 13.9. The van der Waals surface area contributed by atoms with Crippen LogP contribution in [0.15, 0.2) is 176 Å². The fourth-order valence-corrected chi connectivity index (χ4v) is 15.7. The molecule has 0 atom stereocenters. The van der Waals surface area contributed by atoms with E-state index >= 15 is 0 Å². The maximum absolute atomic E-state index is 2.54. The van der Waals surface area contributed by atoms with Crippen LogP contribution < -0.4 is 13.2 Å². The summed E-state index contributed by atoms with van der Waals surface area (Å²) in [6.07, 6.45) is 0. The van der Waals surface area contributed by atoms with E-state index in [0.717, 1.165) is 0 Å². The van der Waals surface area contributed by atoms with Gasteiger partial charge in [0.25, 0.3) is 0 Å². The van der Waals surface area contributed by atoms with Crippen LogP contribution in [0.5, 0.6) is 0 Å². The molecule has 0 nitrogen and oxygen atoms in total. The van der Waals surface area contributed by atoms with Crippen molar-refractivity contribution in [2.24, 2.45) is 0 Å². The summed E-state index contributed by atoms with van der Waals surface area (Å²) in [5.74, 6) is 0. The molecule has 1 aliphatic heterocycles. The first-order chi connectivity index (χ1) is 27.0. The predicted molar refractivity (Wildman–Crippen MR) is 244 cm³/mol. The van der Waals surface area contributed by atoms with E-state index in [1.807, 2.05) is 0 Å². The van der Waals surface area contributed by atoms with E-state index in [9.17, 15) is 0 Å². The van der Waals surface area contributed by atoms with Crippen molar-refractivity contribution in [2.45, 2.75) is 19.3 Å². The molecule has 0 saturated heterocycles. The van der Waals surface area contributed by atoms with Gasteiger partial charge in [0.1, 0.15) is 0 Å². The molecule has 1 heterocycles. The van der Waals surface area contributed by atoms with E-state index in [0.29, 0.717) is 16.5 Å². The molecule has 0 unspecified atom stereocenters. The van der Waals surface area contributed by atoms with Crippen LogP contribution in [0.2, 0.25) is 0 Å². The van der Waals surface area contributed by atoms with E-state index in [2.05, 4.69) is 190 Å². The number of hydrogen-bond donors (Lipinski definition) is 0. The summed E-state index contributed by atoms with van der Waals surface area (Å²) < 4.78 is 4.67. The second kappa shape index (κ2) is 12.6. The van der Waals surface area contributed by atoms with Crippen molar-refractivity contribution < 1.29 is 0 Å². The average Bonchev–Trinajstić information content (AvgIpc) is 3.72. The first-order valence-electron chi connectivity index (χ1n) is 19.6. The Morgan fingerprint density at radius 3 is 1.60 bits per heavy atom. The summed E-state index contributed by atoms with van der Waals surface area (Å²) in [4.78, 5) is 0. The molecule has 9 aromatic carbocycles. The van der Waals surface area contributed by atoms with Crippen molar-refractivity contribution in [2.75, 3.05) is 0 Å². The zero-order chi connectivity index (χ0) is 36.8. The van der Waals surface area contributed by atoms with Crippen molar-refractivity contribution in [3.05, 3.63) is 187 Å². The van der Waals surface area contributed by atoms with Gasteiger partial charge in [0.15, 0.2) is 0 Å². The summed E-state index contributed by atoms with van der Waals surface area (Å²) in [7, 11) is 0. The van der Waals surface area contributed by atoms with Crippen LogP contribution in [0.3, 0.4) is 0 Å². The van der Waals surface area contributed by atoms with Crippen LogP contribution in [0, 0.1) is 0 Å². The molecule has 0 radical (unpaired) electrons. The van der Waals surface area contributed by atoms with E-state index in [4.69, 9.17) is 0 Å². The molecular weight excluding hydrogens is 782 g/mol. The molecule has 2 aliphatic rings. The van der Waals surface area contributed by atoms with Gasteiger partial charge in [-0.25, -0.2) is 0 Å². The Balaban J connectivity index is 1.28. The summed E-state index contributed by atoms with van der Waals surface area (Å²) in [6, 6.07) is 67.1. The second-order valence-corrected chi connectivity index (χ2v) is 22.2. The molecule has 2 heteroatoms. The molecule has 9 aromatic rings. The second-order valence-electron chi connectivity index (χ2n) is 16.0. The van der Waals surface area contributed by atoms with Crippen molar-refractivity contribution in [3.63, 3.8) is 0 Å². The molecular formula is C53H40Ge2. The Bertz CT molecular complexity index is 3060. The van der Waals surface area contributed by atoms with Gasteiger partial charge in [0, 0.05) is 0 Å². The first-order valence-corrected chi connectivity index (χ1v) is 24.6. The van der Waals surface area contributed by atoms with Gasteiger partial charge >= 0.3 is 328 Å². The van der Waals surface area contributed by atoms with Gasteiger partial charge in [-0.3, -0.25) is 0 Å². The topological polar surface area (TPSA) is 0 Å². The van der Waals surface area contributed by atoms with E-state index in [1.165, 1.54) is 104 Å².